The van der Waals surface area contributed by atoms with Crippen molar-refractivity contribution in [2.24, 2.45) is 11.5 Å². The summed E-state index contributed by atoms with van der Waals surface area (Å²) in [5.41, 5.74) is 10.6. The first-order chi connectivity index (χ1) is 6.70. The lowest BCUT2D eigenvalue weighted by Crippen LogP contribution is -2.11. The quantitative estimate of drug-likeness (QED) is 0.758. The van der Waals surface area contributed by atoms with Crippen molar-refractivity contribution in [2.75, 3.05) is 18.4 Å². The summed E-state index contributed by atoms with van der Waals surface area (Å²) in [7, 11) is 0. The molecule has 0 atom stereocenters. The third-order valence-corrected chi connectivity index (χ3v) is 1.26. The van der Waals surface area contributed by atoms with Crippen molar-refractivity contribution >= 4 is 36.4 Å². The molecule has 16 heavy (non-hydrogen) atoms. The number of carbonyl (C=O) groups excluding carboxylic acids is 1. The van der Waals surface area contributed by atoms with Gasteiger partial charge < -0.3 is 16.8 Å². The lowest BCUT2D eigenvalue weighted by atomic mass is 10.3. The van der Waals surface area contributed by atoms with Crippen LogP contribution in [0.15, 0.2) is 30.3 Å². The smallest absolute Gasteiger partial charge is 0.221 e. The zero-order chi connectivity index (χ0) is 10.8. The SMILES string of the molecule is CC(=O)Nc1ccccc1.Cl.Cl.NCCN. The molecule has 0 radical (unpaired) electrons. The maximum absolute atomic E-state index is 10.5. The highest BCUT2D eigenvalue weighted by atomic mass is 35.5. The van der Waals surface area contributed by atoms with Crippen LogP contribution in [0.5, 0.6) is 0 Å². The minimum Gasteiger partial charge on any atom is -0.329 e. The fourth-order valence-electron chi connectivity index (χ4n) is 0.725. The van der Waals surface area contributed by atoms with Gasteiger partial charge in [-0.15, -0.1) is 24.8 Å². The molecule has 1 aromatic carbocycles. The molecule has 0 unspecified atom stereocenters. The van der Waals surface area contributed by atoms with Crippen molar-refractivity contribution in [2.45, 2.75) is 6.92 Å². The van der Waals surface area contributed by atoms with Gasteiger partial charge in [-0.25, -0.2) is 0 Å². The number of halogens is 2. The molecule has 4 nitrogen and oxygen atoms in total. The molecule has 1 rings (SSSR count). The Bertz CT molecular complexity index is 256. The third-order valence-electron chi connectivity index (χ3n) is 1.26. The molecule has 0 bridgehead atoms. The Morgan fingerprint density at radius 1 is 1.12 bits per heavy atom. The molecular weight excluding hydrogens is 249 g/mol. The van der Waals surface area contributed by atoms with E-state index in [2.05, 4.69) is 5.32 Å². The second-order valence-corrected chi connectivity index (χ2v) is 2.62. The van der Waals surface area contributed by atoms with Crippen LogP contribution in [0.25, 0.3) is 0 Å². The summed E-state index contributed by atoms with van der Waals surface area (Å²) in [6.07, 6.45) is 0. The number of nitrogens with two attached hydrogens (primary N) is 2. The van der Waals surface area contributed by atoms with E-state index < -0.39 is 0 Å². The van der Waals surface area contributed by atoms with E-state index >= 15 is 0 Å². The van der Waals surface area contributed by atoms with E-state index in [1.54, 1.807) is 0 Å². The molecule has 0 aliphatic carbocycles. The molecule has 0 spiro atoms. The molecule has 0 saturated carbocycles. The van der Waals surface area contributed by atoms with Gasteiger partial charge in [-0.3, -0.25) is 4.79 Å². The van der Waals surface area contributed by atoms with Crippen LogP contribution in [0.3, 0.4) is 0 Å². The van der Waals surface area contributed by atoms with E-state index in [-0.39, 0.29) is 30.7 Å². The molecule has 1 amide bonds. The second-order valence-electron chi connectivity index (χ2n) is 2.62. The fourth-order valence-corrected chi connectivity index (χ4v) is 0.725. The fraction of sp³-hybridized carbons (Fsp3) is 0.300. The molecule has 0 aliphatic heterocycles. The monoisotopic (exact) mass is 267 g/mol. The number of anilines is 1. The largest absolute Gasteiger partial charge is 0.329 e. The summed E-state index contributed by atoms with van der Waals surface area (Å²) in [5.74, 6) is -0.0359. The maximum atomic E-state index is 10.5. The van der Waals surface area contributed by atoms with Crippen LogP contribution in [-0.2, 0) is 4.79 Å². The van der Waals surface area contributed by atoms with Crippen molar-refractivity contribution in [3.05, 3.63) is 30.3 Å². The Labute approximate surface area is 109 Å². The molecule has 0 aliphatic rings. The number of para-hydroxylation sites is 1. The minimum absolute atomic E-state index is 0. The highest BCUT2D eigenvalue weighted by Crippen LogP contribution is 2.03. The molecule has 5 N–H and O–H groups in total. The summed E-state index contributed by atoms with van der Waals surface area (Å²) >= 11 is 0. The van der Waals surface area contributed by atoms with Crippen LogP contribution in [0.2, 0.25) is 0 Å². The molecule has 94 valence electrons. The Morgan fingerprint density at radius 2 is 1.56 bits per heavy atom. The molecule has 0 heterocycles. The number of hydrogen-bond acceptors (Lipinski definition) is 3. The predicted molar refractivity (Wildman–Crippen MR) is 73.4 cm³/mol. The van der Waals surface area contributed by atoms with Crippen LogP contribution in [0, 0.1) is 0 Å². The average molecular weight is 268 g/mol. The maximum Gasteiger partial charge on any atom is 0.221 e. The highest BCUT2D eigenvalue weighted by Gasteiger charge is 1.90. The van der Waals surface area contributed by atoms with E-state index in [1.165, 1.54) is 6.92 Å². The number of benzene rings is 1. The van der Waals surface area contributed by atoms with Gasteiger partial charge in [-0.05, 0) is 12.1 Å². The minimum atomic E-state index is -0.0359. The zero-order valence-electron chi connectivity index (χ0n) is 9.18. The second kappa shape index (κ2) is 14.2. The average Bonchev–Trinajstić information content (AvgIpc) is 2.19. The van der Waals surface area contributed by atoms with Gasteiger partial charge in [0.05, 0.1) is 0 Å². The number of rotatable bonds is 2. The number of hydrogen-bond donors (Lipinski definition) is 3. The van der Waals surface area contributed by atoms with Crippen LogP contribution < -0.4 is 16.8 Å². The highest BCUT2D eigenvalue weighted by molar-refractivity contribution is 5.88. The Hall–Kier alpha value is -0.810. The summed E-state index contributed by atoms with van der Waals surface area (Å²) in [6.45, 7) is 2.69. The summed E-state index contributed by atoms with van der Waals surface area (Å²) in [5, 5.41) is 2.67. The van der Waals surface area contributed by atoms with Gasteiger partial charge in [0.1, 0.15) is 0 Å². The Morgan fingerprint density at radius 3 is 1.88 bits per heavy atom. The van der Waals surface area contributed by atoms with Crippen molar-refractivity contribution in [3.63, 3.8) is 0 Å². The Balaban J connectivity index is -0.000000249. The van der Waals surface area contributed by atoms with Crippen LogP contribution in [0.4, 0.5) is 5.69 Å². The van der Waals surface area contributed by atoms with Crippen LogP contribution >= 0.6 is 24.8 Å². The lowest BCUT2D eigenvalue weighted by molar-refractivity contribution is -0.114. The van der Waals surface area contributed by atoms with E-state index in [0.717, 1.165) is 5.69 Å². The molecule has 0 fully saturated rings. The van der Waals surface area contributed by atoms with Crippen LogP contribution in [0.1, 0.15) is 6.92 Å². The third kappa shape index (κ3) is 13.2. The summed E-state index contributed by atoms with van der Waals surface area (Å²) in [6, 6.07) is 9.37. The molecular formula is C10H19Cl2N3O. The Kier molecular flexibility index (Phi) is 18.3. The summed E-state index contributed by atoms with van der Waals surface area (Å²) in [4.78, 5) is 10.5. The van der Waals surface area contributed by atoms with Gasteiger partial charge in [0.2, 0.25) is 5.91 Å². The molecule has 1 aromatic rings. The number of amides is 1. The van der Waals surface area contributed by atoms with Crippen LogP contribution in [-0.4, -0.2) is 19.0 Å². The molecule has 0 saturated heterocycles. The van der Waals surface area contributed by atoms with E-state index in [4.69, 9.17) is 11.5 Å². The first kappa shape index (κ1) is 20.6. The standard InChI is InChI=1S/C8H9NO.C2H8N2.2ClH/c1-7(10)9-8-5-3-2-4-6-8;3-1-2-4;;/h2-6H,1H3,(H,9,10);1-4H2;2*1H. The predicted octanol–water partition coefficient (Wildman–Crippen LogP) is 1.39. The van der Waals surface area contributed by atoms with E-state index in [9.17, 15) is 4.79 Å². The van der Waals surface area contributed by atoms with Gasteiger partial charge in [0.25, 0.3) is 0 Å². The lowest BCUT2D eigenvalue weighted by Gasteiger charge is -1.98. The first-order valence-corrected chi connectivity index (χ1v) is 4.43. The topological polar surface area (TPSA) is 81.1 Å². The van der Waals surface area contributed by atoms with Gasteiger partial charge in [-0.1, -0.05) is 18.2 Å². The zero-order valence-corrected chi connectivity index (χ0v) is 10.8. The van der Waals surface area contributed by atoms with Crippen molar-refractivity contribution in [1.29, 1.82) is 0 Å². The molecule has 0 aromatic heterocycles. The molecule has 6 heteroatoms. The van der Waals surface area contributed by atoms with Crippen molar-refractivity contribution in [3.8, 4) is 0 Å². The number of carbonyl (C=O) groups is 1. The van der Waals surface area contributed by atoms with E-state index in [0.29, 0.717) is 13.1 Å². The van der Waals surface area contributed by atoms with Crippen molar-refractivity contribution < 1.29 is 4.79 Å². The van der Waals surface area contributed by atoms with Gasteiger partial charge in [0, 0.05) is 25.7 Å². The first-order valence-electron chi connectivity index (χ1n) is 4.43. The number of nitrogens with one attached hydrogen (secondary N) is 1. The van der Waals surface area contributed by atoms with Crippen molar-refractivity contribution in [1.82, 2.24) is 0 Å². The van der Waals surface area contributed by atoms with Gasteiger partial charge >= 0.3 is 0 Å². The van der Waals surface area contributed by atoms with Gasteiger partial charge in [-0.2, -0.15) is 0 Å². The van der Waals surface area contributed by atoms with E-state index in [1.807, 2.05) is 30.3 Å². The summed E-state index contributed by atoms with van der Waals surface area (Å²) < 4.78 is 0. The normalized spacial score (nSPS) is 7.44. The van der Waals surface area contributed by atoms with Gasteiger partial charge in [0.15, 0.2) is 0 Å².